The second-order valence-corrected chi connectivity index (χ2v) is 8.52. The molecule has 3 aromatic rings. The van der Waals surface area contributed by atoms with Crippen molar-refractivity contribution in [3.63, 3.8) is 0 Å². The van der Waals surface area contributed by atoms with Crippen LogP contribution in [0.4, 0.5) is 0 Å². The van der Waals surface area contributed by atoms with E-state index in [0.29, 0.717) is 11.5 Å². The van der Waals surface area contributed by atoms with Gasteiger partial charge in [0, 0.05) is 0 Å². The van der Waals surface area contributed by atoms with Crippen LogP contribution in [-0.2, 0) is 16.8 Å². The van der Waals surface area contributed by atoms with Crippen molar-refractivity contribution >= 4 is 22.8 Å². The van der Waals surface area contributed by atoms with Crippen LogP contribution in [0.3, 0.4) is 0 Å². The molecule has 0 saturated heterocycles. The lowest BCUT2D eigenvalue weighted by Crippen LogP contribution is -2.26. The average Bonchev–Trinajstić information content (AvgIpc) is 2.73. The summed E-state index contributed by atoms with van der Waals surface area (Å²) < 4.78 is 5.97. The van der Waals surface area contributed by atoms with E-state index in [1.54, 1.807) is 0 Å². The Morgan fingerprint density at radius 3 is 2.59 bits per heavy atom. The van der Waals surface area contributed by atoms with Gasteiger partial charge in [-0.3, -0.25) is 0 Å². The molecule has 0 bridgehead atoms. The summed E-state index contributed by atoms with van der Waals surface area (Å²) in [5.74, 6) is 0.202. The first kappa shape index (κ1) is 19.4. The third kappa shape index (κ3) is 3.72. The predicted octanol–water partition coefficient (Wildman–Crippen LogP) is 7.01. The van der Waals surface area contributed by atoms with Gasteiger partial charge in [-0.25, -0.2) is 4.79 Å². The van der Waals surface area contributed by atoms with Crippen molar-refractivity contribution in [1.82, 2.24) is 0 Å². The molecule has 1 aliphatic carbocycles. The van der Waals surface area contributed by atoms with Crippen LogP contribution in [0.25, 0.3) is 16.8 Å². The van der Waals surface area contributed by atoms with Crippen LogP contribution < -0.4 is 0 Å². The monoisotopic (exact) mass is 384 g/mol. The maximum absolute atomic E-state index is 12.8. The molecule has 0 spiro atoms. The molecular weight excluding hydrogens is 356 g/mol. The number of ether oxygens (including phenoxy) is 1. The highest BCUT2D eigenvalue weighted by Gasteiger charge is 2.27. The standard InChI is InChI=1S/C27H28O2/c1-5-18(2)19-12-14-21(15-13-19)26(28)29-27(3,4)24-16-22-10-6-8-20-9-7-11-23(17-24)25(20)22/h6-8,10-18H,5,9H2,1-4H3. The summed E-state index contributed by atoms with van der Waals surface area (Å²) in [5.41, 5.74) is 4.67. The molecule has 1 unspecified atom stereocenters. The minimum absolute atomic E-state index is 0.288. The van der Waals surface area contributed by atoms with Crippen molar-refractivity contribution in [2.24, 2.45) is 0 Å². The highest BCUT2D eigenvalue weighted by Crippen LogP contribution is 2.35. The van der Waals surface area contributed by atoms with Gasteiger partial charge < -0.3 is 4.74 Å². The van der Waals surface area contributed by atoms with Crippen LogP contribution in [0.2, 0.25) is 0 Å². The molecule has 4 rings (SSSR count). The summed E-state index contributed by atoms with van der Waals surface area (Å²) in [6, 6.07) is 18.5. The Hall–Kier alpha value is -2.87. The summed E-state index contributed by atoms with van der Waals surface area (Å²) in [6.07, 6.45) is 6.41. The SMILES string of the molecule is CCC(C)c1ccc(C(=O)OC(C)(C)c2cc3c4c(cccc4c2)CC=C3)cc1. The van der Waals surface area contributed by atoms with E-state index in [1.807, 2.05) is 38.1 Å². The Morgan fingerprint density at radius 2 is 1.86 bits per heavy atom. The van der Waals surface area contributed by atoms with E-state index in [0.717, 1.165) is 18.4 Å². The van der Waals surface area contributed by atoms with Crippen molar-refractivity contribution in [1.29, 1.82) is 0 Å². The number of carbonyl (C=O) groups is 1. The first-order chi connectivity index (χ1) is 13.9. The molecule has 0 N–H and O–H groups in total. The summed E-state index contributed by atoms with van der Waals surface area (Å²) in [4.78, 5) is 12.8. The molecule has 1 aliphatic rings. The molecule has 3 aromatic carbocycles. The van der Waals surface area contributed by atoms with Gasteiger partial charge in [0.15, 0.2) is 0 Å². The van der Waals surface area contributed by atoms with Gasteiger partial charge >= 0.3 is 5.97 Å². The number of esters is 1. The predicted molar refractivity (Wildman–Crippen MR) is 120 cm³/mol. The van der Waals surface area contributed by atoms with Gasteiger partial charge in [-0.1, -0.05) is 56.3 Å². The molecule has 0 aliphatic heterocycles. The molecule has 148 valence electrons. The second-order valence-electron chi connectivity index (χ2n) is 8.52. The first-order valence-electron chi connectivity index (χ1n) is 10.4. The molecule has 0 fully saturated rings. The van der Waals surface area contributed by atoms with Gasteiger partial charge in [0.1, 0.15) is 5.60 Å². The van der Waals surface area contributed by atoms with E-state index in [2.05, 4.69) is 56.3 Å². The summed E-state index contributed by atoms with van der Waals surface area (Å²) >= 11 is 0. The van der Waals surface area contributed by atoms with Crippen molar-refractivity contribution in [3.05, 3.63) is 88.5 Å². The summed E-state index contributed by atoms with van der Waals surface area (Å²) in [6.45, 7) is 8.29. The van der Waals surface area contributed by atoms with Gasteiger partial charge in [-0.05, 0) is 89.9 Å². The first-order valence-corrected chi connectivity index (χ1v) is 10.4. The lowest BCUT2D eigenvalue weighted by atomic mass is 9.87. The number of hydrogen-bond acceptors (Lipinski definition) is 2. The van der Waals surface area contributed by atoms with E-state index < -0.39 is 5.60 Å². The fourth-order valence-corrected chi connectivity index (χ4v) is 4.04. The van der Waals surface area contributed by atoms with Crippen molar-refractivity contribution in [2.75, 3.05) is 0 Å². The average molecular weight is 385 g/mol. The van der Waals surface area contributed by atoms with Gasteiger partial charge in [-0.2, -0.15) is 0 Å². The topological polar surface area (TPSA) is 26.3 Å². The highest BCUT2D eigenvalue weighted by molar-refractivity contribution is 5.96. The molecule has 2 heteroatoms. The Labute approximate surface area is 173 Å². The van der Waals surface area contributed by atoms with E-state index in [9.17, 15) is 4.79 Å². The lowest BCUT2D eigenvalue weighted by Gasteiger charge is -2.27. The molecule has 29 heavy (non-hydrogen) atoms. The normalized spacial score (nSPS) is 14.1. The molecule has 0 aromatic heterocycles. The van der Waals surface area contributed by atoms with Crippen LogP contribution in [0, 0.1) is 0 Å². The highest BCUT2D eigenvalue weighted by atomic mass is 16.6. The van der Waals surface area contributed by atoms with Gasteiger partial charge in [-0.15, -0.1) is 0 Å². The van der Waals surface area contributed by atoms with Crippen LogP contribution >= 0.6 is 0 Å². The number of hydrogen-bond donors (Lipinski definition) is 0. The van der Waals surface area contributed by atoms with Crippen LogP contribution in [0.1, 0.15) is 72.6 Å². The number of benzene rings is 3. The zero-order chi connectivity index (χ0) is 20.6. The third-order valence-electron chi connectivity index (χ3n) is 6.10. The zero-order valence-corrected chi connectivity index (χ0v) is 17.7. The van der Waals surface area contributed by atoms with Crippen molar-refractivity contribution < 1.29 is 9.53 Å². The largest absolute Gasteiger partial charge is 0.451 e. The Morgan fingerprint density at radius 1 is 1.10 bits per heavy atom. The van der Waals surface area contributed by atoms with Crippen molar-refractivity contribution in [2.45, 2.75) is 52.1 Å². The minimum Gasteiger partial charge on any atom is -0.451 e. The second kappa shape index (κ2) is 7.51. The van der Waals surface area contributed by atoms with E-state index in [-0.39, 0.29) is 5.97 Å². The zero-order valence-electron chi connectivity index (χ0n) is 17.7. The quantitative estimate of drug-likeness (QED) is 0.442. The van der Waals surface area contributed by atoms with Crippen LogP contribution in [0.5, 0.6) is 0 Å². The molecule has 1 atom stereocenters. The van der Waals surface area contributed by atoms with Crippen molar-refractivity contribution in [3.8, 4) is 0 Å². The maximum Gasteiger partial charge on any atom is 0.338 e. The molecule has 0 radical (unpaired) electrons. The maximum atomic E-state index is 12.8. The van der Waals surface area contributed by atoms with Crippen LogP contribution in [0.15, 0.2) is 60.7 Å². The Kier molecular flexibility index (Phi) is 5.04. The smallest absolute Gasteiger partial charge is 0.338 e. The molecule has 0 heterocycles. The van der Waals surface area contributed by atoms with E-state index in [4.69, 9.17) is 4.74 Å². The lowest BCUT2D eigenvalue weighted by molar-refractivity contribution is -0.00308. The van der Waals surface area contributed by atoms with E-state index in [1.165, 1.54) is 27.5 Å². The summed E-state index contributed by atoms with van der Waals surface area (Å²) in [7, 11) is 0. The molecule has 0 saturated carbocycles. The summed E-state index contributed by atoms with van der Waals surface area (Å²) in [5, 5.41) is 2.50. The minimum atomic E-state index is -0.724. The number of rotatable bonds is 5. The van der Waals surface area contributed by atoms with E-state index >= 15 is 0 Å². The third-order valence-corrected chi connectivity index (χ3v) is 6.10. The number of allylic oxidation sites excluding steroid dienone is 1. The van der Waals surface area contributed by atoms with Gasteiger partial charge in [0.2, 0.25) is 0 Å². The van der Waals surface area contributed by atoms with Gasteiger partial charge in [0.25, 0.3) is 0 Å². The van der Waals surface area contributed by atoms with Crippen LogP contribution in [-0.4, -0.2) is 5.97 Å². The fraction of sp³-hybridized carbons (Fsp3) is 0.296. The number of carbonyl (C=O) groups excluding carboxylic acids is 1. The van der Waals surface area contributed by atoms with Gasteiger partial charge in [0.05, 0.1) is 5.56 Å². The molecular formula is C27H28O2. The Balaban J connectivity index is 1.62. The Bertz CT molecular complexity index is 1090. The molecule has 2 nitrogen and oxygen atoms in total. The fourth-order valence-electron chi connectivity index (χ4n) is 4.04. The molecule has 0 amide bonds.